The number of hydrogen-bond donors (Lipinski definition) is 2. The molecule has 1 heterocycles. The summed E-state index contributed by atoms with van der Waals surface area (Å²) < 4.78 is 18.6. The molecule has 2 fully saturated rings. The van der Waals surface area contributed by atoms with E-state index in [0.29, 0.717) is 26.3 Å². The zero-order chi connectivity index (χ0) is 14.0. The molecule has 1 amide bonds. The van der Waals surface area contributed by atoms with E-state index in [2.05, 4.69) is 10.6 Å². The van der Waals surface area contributed by atoms with Gasteiger partial charge in [-0.2, -0.15) is 0 Å². The van der Waals surface area contributed by atoms with Gasteiger partial charge in [-0.1, -0.05) is 12.1 Å². The average Bonchev–Trinajstić information content (AvgIpc) is 3.27. The van der Waals surface area contributed by atoms with Crippen LogP contribution < -0.4 is 10.6 Å². The van der Waals surface area contributed by atoms with Crippen LogP contribution in [0.4, 0.5) is 4.39 Å². The van der Waals surface area contributed by atoms with Crippen molar-refractivity contribution in [2.75, 3.05) is 26.3 Å². The average molecular weight is 315 g/mol. The Balaban J connectivity index is 0.00000161. The Bertz CT molecular complexity index is 502. The maximum absolute atomic E-state index is 13.3. The van der Waals surface area contributed by atoms with E-state index in [1.54, 1.807) is 12.1 Å². The van der Waals surface area contributed by atoms with Crippen LogP contribution in [-0.4, -0.2) is 38.3 Å². The molecule has 1 aliphatic carbocycles. The van der Waals surface area contributed by atoms with E-state index in [9.17, 15) is 9.18 Å². The smallest absolute Gasteiger partial charge is 0.239 e. The molecule has 3 rings (SSSR count). The number of benzene rings is 1. The van der Waals surface area contributed by atoms with Crippen molar-refractivity contribution in [3.05, 3.63) is 35.6 Å². The van der Waals surface area contributed by atoms with E-state index in [1.165, 1.54) is 6.07 Å². The van der Waals surface area contributed by atoms with Gasteiger partial charge < -0.3 is 15.4 Å². The lowest BCUT2D eigenvalue weighted by atomic mass is 9.95. The van der Waals surface area contributed by atoms with Crippen LogP contribution in [0.5, 0.6) is 0 Å². The fourth-order valence-corrected chi connectivity index (χ4v) is 2.65. The van der Waals surface area contributed by atoms with Gasteiger partial charge in [0.15, 0.2) is 0 Å². The summed E-state index contributed by atoms with van der Waals surface area (Å²) in [5.41, 5.74) is 0.901. The molecule has 21 heavy (non-hydrogen) atoms. The molecule has 0 radical (unpaired) electrons. The number of amides is 1. The standard InChI is InChI=1S/C15H19FN2O2.ClH/c16-12-3-1-2-11(8-12)15(4-5-15)10-18-14(19)13-9-20-7-6-17-13;/h1-3,8,13,17H,4-7,9-10H2,(H,18,19);1H. The summed E-state index contributed by atoms with van der Waals surface area (Å²) in [6, 6.07) is 6.41. The van der Waals surface area contributed by atoms with Gasteiger partial charge in [0, 0.05) is 18.5 Å². The van der Waals surface area contributed by atoms with Gasteiger partial charge >= 0.3 is 0 Å². The second-order valence-corrected chi connectivity index (χ2v) is 5.59. The summed E-state index contributed by atoms with van der Waals surface area (Å²) in [6.45, 7) is 2.33. The first kappa shape index (κ1) is 16.2. The van der Waals surface area contributed by atoms with Crippen molar-refractivity contribution in [2.24, 2.45) is 0 Å². The molecule has 1 aromatic rings. The van der Waals surface area contributed by atoms with Crippen molar-refractivity contribution < 1.29 is 13.9 Å². The van der Waals surface area contributed by atoms with Crippen molar-refractivity contribution in [1.82, 2.24) is 10.6 Å². The van der Waals surface area contributed by atoms with E-state index >= 15 is 0 Å². The highest BCUT2D eigenvalue weighted by Gasteiger charge is 2.44. The number of hydrogen-bond acceptors (Lipinski definition) is 3. The van der Waals surface area contributed by atoms with Crippen molar-refractivity contribution in [3.8, 4) is 0 Å². The second-order valence-electron chi connectivity index (χ2n) is 5.59. The van der Waals surface area contributed by atoms with Crippen molar-refractivity contribution in [1.29, 1.82) is 0 Å². The number of rotatable bonds is 4. The maximum Gasteiger partial charge on any atom is 0.239 e. The van der Waals surface area contributed by atoms with Gasteiger partial charge in [-0.25, -0.2) is 4.39 Å². The highest BCUT2D eigenvalue weighted by molar-refractivity contribution is 5.85. The second kappa shape index (κ2) is 6.73. The third kappa shape index (κ3) is 3.73. The van der Waals surface area contributed by atoms with Gasteiger partial charge in [0.1, 0.15) is 11.9 Å². The van der Waals surface area contributed by atoms with Crippen LogP contribution in [0.25, 0.3) is 0 Å². The monoisotopic (exact) mass is 314 g/mol. The van der Waals surface area contributed by atoms with Crippen molar-refractivity contribution >= 4 is 18.3 Å². The lowest BCUT2D eigenvalue weighted by Gasteiger charge is -2.24. The van der Waals surface area contributed by atoms with Crippen LogP contribution in [0.3, 0.4) is 0 Å². The largest absolute Gasteiger partial charge is 0.378 e. The van der Waals surface area contributed by atoms with Crippen LogP contribution in [0.15, 0.2) is 24.3 Å². The first-order chi connectivity index (χ1) is 9.70. The fraction of sp³-hybridized carbons (Fsp3) is 0.533. The minimum Gasteiger partial charge on any atom is -0.378 e. The summed E-state index contributed by atoms with van der Waals surface area (Å²) >= 11 is 0. The summed E-state index contributed by atoms with van der Waals surface area (Å²) in [7, 11) is 0. The Morgan fingerprint density at radius 2 is 2.29 bits per heavy atom. The van der Waals surface area contributed by atoms with Crippen molar-refractivity contribution in [3.63, 3.8) is 0 Å². The molecule has 0 spiro atoms. The Labute approximate surface area is 129 Å². The molecule has 4 nitrogen and oxygen atoms in total. The van der Waals surface area contributed by atoms with E-state index in [1.807, 2.05) is 6.07 Å². The molecule has 116 valence electrons. The molecule has 0 aromatic heterocycles. The van der Waals surface area contributed by atoms with Crippen LogP contribution >= 0.6 is 12.4 Å². The van der Waals surface area contributed by atoms with Crippen LogP contribution in [0, 0.1) is 5.82 Å². The molecule has 1 aliphatic heterocycles. The van der Waals surface area contributed by atoms with Gasteiger partial charge in [0.25, 0.3) is 0 Å². The Kier molecular flexibility index (Phi) is 5.19. The molecule has 0 bridgehead atoms. The highest BCUT2D eigenvalue weighted by Crippen LogP contribution is 2.47. The van der Waals surface area contributed by atoms with Gasteiger partial charge in [-0.05, 0) is 30.5 Å². The molecule has 1 aromatic carbocycles. The third-order valence-electron chi connectivity index (χ3n) is 4.13. The van der Waals surface area contributed by atoms with E-state index in [4.69, 9.17) is 4.74 Å². The molecule has 6 heteroatoms. The molecule has 1 unspecified atom stereocenters. The zero-order valence-electron chi connectivity index (χ0n) is 11.7. The van der Waals surface area contributed by atoms with E-state index < -0.39 is 0 Å². The molecular weight excluding hydrogens is 295 g/mol. The first-order valence-corrected chi connectivity index (χ1v) is 7.05. The lowest BCUT2D eigenvalue weighted by molar-refractivity contribution is -0.126. The number of ether oxygens (including phenoxy) is 1. The molecule has 1 saturated carbocycles. The van der Waals surface area contributed by atoms with Gasteiger partial charge in [-0.15, -0.1) is 12.4 Å². The molecular formula is C15H20ClFN2O2. The quantitative estimate of drug-likeness (QED) is 0.883. The number of halogens is 2. The first-order valence-electron chi connectivity index (χ1n) is 7.05. The number of nitrogens with one attached hydrogen (secondary N) is 2. The third-order valence-corrected chi connectivity index (χ3v) is 4.13. The summed E-state index contributed by atoms with van der Waals surface area (Å²) in [4.78, 5) is 12.0. The highest BCUT2D eigenvalue weighted by atomic mass is 35.5. The number of carbonyl (C=O) groups excluding carboxylic acids is 1. The number of carbonyl (C=O) groups is 1. The van der Waals surface area contributed by atoms with Crippen LogP contribution in [0.1, 0.15) is 18.4 Å². The Morgan fingerprint density at radius 1 is 1.48 bits per heavy atom. The minimum absolute atomic E-state index is 0. The SMILES string of the molecule is Cl.O=C(NCC1(c2cccc(F)c2)CC1)C1COCCN1. The summed E-state index contributed by atoms with van der Waals surface area (Å²) in [6.07, 6.45) is 1.98. The normalized spacial score (nSPS) is 23.0. The molecule has 1 saturated heterocycles. The fourth-order valence-electron chi connectivity index (χ4n) is 2.65. The van der Waals surface area contributed by atoms with Gasteiger partial charge in [-0.3, -0.25) is 4.79 Å². The van der Waals surface area contributed by atoms with E-state index in [-0.39, 0.29) is 35.6 Å². The van der Waals surface area contributed by atoms with E-state index in [0.717, 1.165) is 18.4 Å². The molecule has 1 atom stereocenters. The predicted molar refractivity (Wildman–Crippen MR) is 80.2 cm³/mol. The minimum atomic E-state index is -0.271. The summed E-state index contributed by atoms with van der Waals surface area (Å²) in [5.74, 6) is -0.255. The lowest BCUT2D eigenvalue weighted by Crippen LogP contribution is -2.52. The Morgan fingerprint density at radius 3 is 2.90 bits per heavy atom. The van der Waals surface area contributed by atoms with Gasteiger partial charge in [0.2, 0.25) is 5.91 Å². The number of morpholine rings is 1. The molecule has 2 aliphatic rings. The maximum atomic E-state index is 13.3. The summed E-state index contributed by atoms with van der Waals surface area (Å²) in [5, 5.41) is 6.10. The zero-order valence-corrected chi connectivity index (χ0v) is 12.5. The molecule has 2 N–H and O–H groups in total. The van der Waals surface area contributed by atoms with Crippen LogP contribution in [-0.2, 0) is 14.9 Å². The van der Waals surface area contributed by atoms with Crippen molar-refractivity contribution in [2.45, 2.75) is 24.3 Å². The topological polar surface area (TPSA) is 50.4 Å². The Hall–Kier alpha value is -1.17. The van der Waals surface area contributed by atoms with Gasteiger partial charge in [0.05, 0.1) is 13.2 Å². The predicted octanol–water partition coefficient (Wildman–Crippen LogP) is 1.38. The van der Waals surface area contributed by atoms with Crippen LogP contribution in [0.2, 0.25) is 0 Å².